The zero-order valence-electron chi connectivity index (χ0n) is 9.18. The van der Waals surface area contributed by atoms with Gasteiger partial charge in [-0.2, -0.15) is 0 Å². The SMILES string of the molecule is CC(C)c1c(CN)oc2c(Cl)ccc(Br)c12. The van der Waals surface area contributed by atoms with E-state index in [9.17, 15) is 0 Å². The zero-order valence-corrected chi connectivity index (χ0v) is 11.5. The molecule has 1 aromatic carbocycles. The van der Waals surface area contributed by atoms with E-state index in [4.69, 9.17) is 21.8 Å². The molecule has 2 N–H and O–H groups in total. The van der Waals surface area contributed by atoms with E-state index in [0.29, 0.717) is 17.5 Å². The average molecular weight is 303 g/mol. The average Bonchev–Trinajstić information content (AvgIpc) is 2.64. The summed E-state index contributed by atoms with van der Waals surface area (Å²) in [5.74, 6) is 1.17. The number of nitrogens with two attached hydrogens (primary N) is 1. The summed E-state index contributed by atoms with van der Waals surface area (Å²) in [5, 5.41) is 1.67. The molecule has 0 atom stereocenters. The molecular weight excluding hydrogens is 289 g/mol. The third-order valence-corrected chi connectivity index (χ3v) is 3.58. The van der Waals surface area contributed by atoms with Gasteiger partial charge < -0.3 is 10.2 Å². The van der Waals surface area contributed by atoms with Crippen molar-refractivity contribution >= 4 is 38.5 Å². The summed E-state index contributed by atoms with van der Waals surface area (Å²) in [6.07, 6.45) is 0. The van der Waals surface area contributed by atoms with E-state index in [1.165, 1.54) is 0 Å². The summed E-state index contributed by atoms with van der Waals surface area (Å²) >= 11 is 9.65. The monoisotopic (exact) mass is 301 g/mol. The first-order chi connectivity index (χ1) is 7.56. The quantitative estimate of drug-likeness (QED) is 0.891. The molecule has 0 amide bonds. The number of fused-ring (bicyclic) bond motifs is 1. The van der Waals surface area contributed by atoms with Crippen molar-refractivity contribution in [3.63, 3.8) is 0 Å². The lowest BCUT2D eigenvalue weighted by atomic mass is 9.99. The Morgan fingerprint density at radius 1 is 1.44 bits per heavy atom. The molecule has 0 aliphatic heterocycles. The summed E-state index contributed by atoms with van der Waals surface area (Å²) in [4.78, 5) is 0. The third-order valence-electron chi connectivity index (χ3n) is 2.62. The molecule has 1 aromatic heterocycles. The molecular formula is C12H13BrClNO. The Bertz CT molecular complexity index is 533. The van der Waals surface area contributed by atoms with Gasteiger partial charge in [0, 0.05) is 15.4 Å². The van der Waals surface area contributed by atoms with Gasteiger partial charge in [-0.05, 0) is 18.1 Å². The number of rotatable bonds is 2. The van der Waals surface area contributed by atoms with Crippen LogP contribution in [-0.4, -0.2) is 0 Å². The fourth-order valence-corrected chi connectivity index (χ4v) is 2.69. The van der Waals surface area contributed by atoms with E-state index in [2.05, 4.69) is 29.8 Å². The van der Waals surface area contributed by atoms with Crippen LogP contribution in [0.1, 0.15) is 31.1 Å². The molecule has 2 aromatic rings. The number of halogens is 2. The molecule has 2 rings (SSSR count). The molecule has 0 aliphatic carbocycles. The van der Waals surface area contributed by atoms with Gasteiger partial charge in [0.05, 0.1) is 11.6 Å². The highest BCUT2D eigenvalue weighted by Crippen LogP contribution is 2.39. The van der Waals surface area contributed by atoms with Crippen molar-refractivity contribution < 1.29 is 4.42 Å². The normalized spacial score (nSPS) is 11.6. The van der Waals surface area contributed by atoms with Gasteiger partial charge in [-0.3, -0.25) is 0 Å². The van der Waals surface area contributed by atoms with E-state index in [-0.39, 0.29) is 0 Å². The molecule has 0 saturated heterocycles. The van der Waals surface area contributed by atoms with Crippen LogP contribution in [0, 0.1) is 0 Å². The molecule has 0 saturated carbocycles. The van der Waals surface area contributed by atoms with Crippen molar-refractivity contribution in [2.45, 2.75) is 26.3 Å². The standard InChI is InChI=1S/C12H13BrClNO/c1-6(2)10-9(5-15)16-12-8(14)4-3-7(13)11(10)12/h3-4,6H,5,15H2,1-2H3. The van der Waals surface area contributed by atoms with E-state index in [1.54, 1.807) is 0 Å². The van der Waals surface area contributed by atoms with Gasteiger partial charge in [0.2, 0.25) is 0 Å². The first-order valence-electron chi connectivity index (χ1n) is 5.15. The van der Waals surface area contributed by atoms with Crippen LogP contribution in [0.3, 0.4) is 0 Å². The molecule has 0 aliphatic rings. The molecule has 2 nitrogen and oxygen atoms in total. The second kappa shape index (κ2) is 4.40. The lowest BCUT2D eigenvalue weighted by Gasteiger charge is -2.05. The summed E-state index contributed by atoms with van der Waals surface area (Å²) in [7, 11) is 0. The third kappa shape index (κ3) is 1.77. The topological polar surface area (TPSA) is 39.2 Å². The maximum Gasteiger partial charge on any atom is 0.154 e. The second-order valence-electron chi connectivity index (χ2n) is 4.03. The van der Waals surface area contributed by atoms with Gasteiger partial charge in [0.1, 0.15) is 5.76 Å². The van der Waals surface area contributed by atoms with Crippen molar-refractivity contribution in [3.8, 4) is 0 Å². The van der Waals surface area contributed by atoms with Gasteiger partial charge in [-0.1, -0.05) is 41.4 Å². The number of benzene rings is 1. The molecule has 0 spiro atoms. The molecule has 0 bridgehead atoms. The van der Waals surface area contributed by atoms with Gasteiger partial charge >= 0.3 is 0 Å². The summed E-state index contributed by atoms with van der Waals surface area (Å²) in [5.41, 5.74) is 7.57. The molecule has 4 heteroatoms. The molecule has 0 radical (unpaired) electrons. The van der Waals surface area contributed by atoms with Crippen LogP contribution >= 0.6 is 27.5 Å². The Balaban J connectivity index is 2.89. The van der Waals surface area contributed by atoms with Crippen LogP contribution in [-0.2, 0) is 6.54 Å². The van der Waals surface area contributed by atoms with E-state index < -0.39 is 0 Å². The van der Waals surface area contributed by atoms with Crippen LogP contribution in [0.2, 0.25) is 5.02 Å². The molecule has 86 valence electrons. The highest BCUT2D eigenvalue weighted by Gasteiger charge is 2.19. The highest BCUT2D eigenvalue weighted by atomic mass is 79.9. The van der Waals surface area contributed by atoms with Gasteiger partial charge in [-0.15, -0.1) is 0 Å². The first-order valence-corrected chi connectivity index (χ1v) is 6.32. The largest absolute Gasteiger partial charge is 0.458 e. The first kappa shape index (κ1) is 12.0. The lowest BCUT2D eigenvalue weighted by molar-refractivity contribution is 0.541. The Morgan fingerprint density at radius 2 is 2.12 bits per heavy atom. The Kier molecular flexibility index (Phi) is 3.29. The van der Waals surface area contributed by atoms with Crippen LogP contribution in [0.25, 0.3) is 11.0 Å². The van der Waals surface area contributed by atoms with Crippen LogP contribution in [0.4, 0.5) is 0 Å². The summed E-state index contributed by atoms with van der Waals surface area (Å²) < 4.78 is 6.73. The number of hydrogen-bond donors (Lipinski definition) is 1. The fourth-order valence-electron chi connectivity index (χ4n) is 1.96. The fraction of sp³-hybridized carbons (Fsp3) is 0.333. The predicted molar refractivity (Wildman–Crippen MR) is 70.9 cm³/mol. The van der Waals surface area contributed by atoms with Crippen molar-refractivity contribution in [2.24, 2.45) is 5.73 Å². The Morgan fingerprint density at radius 3 is 2.69 bits per heavy atom. The smallest absolute Gasteiger partial charge is 0.154 e. The van der Waals surface area contributed by atoms with Crippen molar-refractivity contribution in [1.82, 2.24) is 0 Å². The maximum absolute atomic E-state index is 6.12. The molecule has 1 heterocycles. The summed E-state index contributed by atoms with van der Waals surface area (Å²) in [6, 6.07) is 3.76. The Hall–Kier alpha value is -0.510. The number of hydrogen-bond acceptors (Lipinski definition) is 2. The minimum atomic E-state index is 0.356. The lowest BCUT2D eigenvalue weighted by Crippen LogP contribution is -1.99. The van der Waals surface area contributed by atoms with Crippen molar-refractivity contribution in [3.05, 3.63) is 33.0 Å². The second-order valence-corrected chi connectivity index (χ2v) is 5.29. The van der Waals surface area contributed by atoms with E-state index >= 15 is 0 Å². The Labute approximate surface area is 108 Å². The minimum absolute atomic E-state index is 0.356. The van der Waals surface area contributed by atoms with Gasteiger partial charge in [0.25, 0.3) is 0 Å². The molecule has 0 fully saturated rings. The zero-order chi connectivity index (χ0) is 11.9. The predicted octanol–water partition coefficient (Wildman–Crippen LogP) is 4.43. The summed E-state index contributed by atoms with van der Waals surface area (Å²) in [6.45, 7) is 4.64. The van der Waals surface area contributed by atoms with E-state index in [0.717, 1.165) is 26.8 Å². The number of furan rings is 1. The highest BCUT2D eigenvalue weighted by molar-refractivity contribution is 9.10. The van der Waals surface area contributed by atoms with Gasteiger partial charge in [0.15, 0.2) is 5.58 Å². The van der Waals surface area contributed by atoms with Gasteiger partial charge in [-0.25, -0.2) is 0 Å². The van der Waals surface area contributed by atoms with E-state index in [1.807, 2.05) is 12.1 Å². The van der Waals surface area contributed by atoms with Crippen molar-refractivity contribution in [1.29, 1.82) is 0 Å². The van der Waals surface area contributed by atoms with Crippen LogP contribution in [0.15, 0.2) is 21.0 Å². The maximum atomic E-state index is 6.12. The van der Waals surface area contributed by atoms with Crippen LogP contribution < -0.4 is 5.73 Å². The minimum Gasteiger partial charge on any atom is -0.458 e. The molecule has 16 heavy (non-hydrogen) atoms. The van der Waals surface area contributed by atoms with Crippen LogP contribution in [0.5, 0.6) is 0 Å². The van der Waals surface area contributed by atoms with Crippen molar-refractivity contribution in [2.75, 3.05) is 0 Å². The molecule has 0 unspecified atom stereocenters.